The molecule has 38 heavy (non-hydrogen) atoms. The molecule has 0 spiro atoms. The molecule has 0 bridgehead atoms. The third-order valence-corrected chi connectivity index (χ3v) is 6.55. The summed E-state index contributed by atoms with van der Waals surface area (Å²) < 4.78 is 10.9. The second-order valence-electron chi connectivity index (χ2n) is 9.30. The minimum Gasteiger partial charge on any atom is -0.508 e. The van der Waals surface area contributed by atoms with Gasteiger partial charge in [-0.1, -0.05) is 36.4 Å². The van der Waals surface area contributed by atoms with E-state index >= 15 is 0 Å². The van der Waals surface area contributed by atoms with Crippen molar-refractivity contribution in [3.63, 3.8) is 0 Å². The molecule has 1 aliphatic rings. The van der Waals surface area contributed by atoms with Gasteiger partial charge in [-0.3, -0.25) is 0 Å². The van der Waals surface area contributed by atoms with Gasteiger partial charge < -0.3 is 24.4 Å². The molecule has 0 fully saturated rings. The highest BCUT2D eigenvalue weighted by atomic mass is 16.5. The van der Waals surface area contributed by atoms with Crippen LogP contribution in [0, 0.1) is 12.8 Å². The third kappa shape index (κ3) is 10.9. The number of hydrogen-bond acceptors (Lipinski definition) is 5. The minimum atomic E-state index is 0.408. The van der Waals surface area contributed by atoms with Crippen LogP contribution in [0.4, 0.5) is 5.69 Å². The van der Waals surface area contributed by atoms with Crippen LogP contribution in [0.5, 0.6) is 11.5 Å². The highest BCUT2D eigenvalue weighted by Crippen LogP contribution is 2.24. The molecule has 0 amide bonds. The van der Waals surface area contributed by atoms with E-state index in [2.05, 4.69) is 91.2 Å². The Labute approximate surface area is 230 Å². The molecular formula is C33H44N2O3. The lowest BCUT2D eigenvalue weighted by atomic mass is 9.92. The van der Waals surface area contributed by atoms with Crippen LogP contribution in [0.3, 0.4) is 0 Å². The molecule has 0 aromatic heterocycles. The molecule has 0 saturated heterocycles. The molecule has 4 rings (SSSR count). The number of nitrogens with zero attached hydrogens (tertiary/aromatic N) is 2. The topological polar surface area (TPSA) is 45.2 Å². The first-order valence-electron chi connectivity index (χ1n) is 13.4. The van der Waals surface area contributed by atoms with Gasteiger partial charge in [-0.05, 0) is 92.7 Å². The summed E-state index contributed by atoms with van der Waals surface area (Å²) in [7, 11) is 3.80. The van der Waals surface area contributed by atoms with Crippen LogP contribution in [0.1, 0.15) is 36.5 Å². The molecule has 0 saturated carbocycles. The van der Waals surface area contributed by atoms with Crippen molar-refractivity contribution in [1.29, 1.82) is 0 Å². The van der Waals surface area contributed by atoms with Gasteiger partial charge >= 0.3 is 0 Å². The van der Waals surface area contributed by atoms with Crippen molar-refractivity contribution >= 4 is 5.69 Å². The normalized spacial score (nSPS) is 11.8. The number of rotatable bonds is 11. The number of para-hydroxylation sites is 1. The second-order valence-corrected chi connectivity index (χ2v) is 9.30. The number of terminal acetylenes is 1. The molecule has 0 atom stereocenters. The standard InChI is InChI=1S/C21H30N2O2.C10H12O.C2H2/c1-4-23(20-8-6-5-7-9-20)18-19-10-12-21(13-11-19)25-17-15-22(2)14-16-24-3;11-10-6-5-8-3-1-2-4-9(8)7-10;1-2/h5-13H,4,14-18H2,1-3H3;5-7,11H,1-4H2;1-2H. The number of anilines is 1. The first kappa shape index (κ1) is 30.8. The maximum Gasteiger partial charge on any atom is 0.119 e. The van der Waals surface area contributed by atoms with Crippen LogP contribution < -0.4 is 9.64 Å². The van der Waals surface area contributed by atoms with Gasteiger partial charge in [-0.15, -0.1) is 12.8 Å². The molecule has 0 radical (unpaired) electrons. The summed E-state index contributed by atoms with van der Waals surface area (Å²) in [6, 6.07) is 24.7. The Hall–Kier alpha value is -3.46. The second kappa shape index (κ2) is 17.9. The smallest absolute Gasteiger partial charge is 0.119 e. The van der Waals surface area contributed by atoms with E-state index in [1.165, 1.54) is 41.6 Å². The molecule has 204 valence electrons. The van der Waals surface area contributed by atoms with Crippen molar-refractivity contribution < 1.29 is 14.6 Å². The average molecular weight is 517 g/mol. The highest BCUT2D eigenvalue weighted by Gasteiger charge is 2.08. The number of likely N-dealkylation sites (N-methyl/N-ethyl adjacent to an activating group) is 1. The van der Waals surface area contributed by atoms with E-state index in [1.807, 2.05) is 12.1 Å². The Morgan fingerprint density at radius 3 is 2.16 bits per heavy atom. The van der Waals surface area contributed by atoms with E-state index < -0.39 is 0 Å². The Morgan fingerprint density at radius 1 is 0.842 bits per heavy atom. The number of benzene rings is 3. The SMILES string of the molecule is C#C.CCN(Cc1ccc(OCCN(C)CCOC)cc1)c1ccccc1.Oc1ccc2c(c1)CCCC2. The lowest BCUT2D eigenvalue weighted by Gasteiger charge is -2.23. The van der Waals surface area contributed by atoms with Gasteiger partial charge in [0.2, 0.25) is 0 Å². The minimum absolute atomic E-state index is 0.408. The Balaban J connectivity index is 0.000000321. The lowest BCUT2D eigenvalue weighted by Crippen LogP contribution is -2.27. The summed E-state index contributed by atoms with van der Waals surface area (Å²) in [6.07, 6.45) is 12.9. The van der Waals surface area contributed by atoms with E-state index in [1.54, 1.807) is 13.2 Å². The zero-order valence-corrected chi connectivity index (χ0v) is 23.3. The van der Waals surface area contributed by atoms with Gasteiger partial charge in [0.15, 0.2) is 0 Å². The largest absolute Gasteiger partial charge is 0.508 e. The van der Waals surface area contributed by atoms with E-state index in [9.17, 15) is 5.11 Å². The number of ether oxygens (including phenoxy) is 2. The van der Waals surface area contributed by atoms with Crippen molar-refractivity contribution in [2.75, 3.05) is 51.9 Å². The summed E-state index contributed by atoms with van der Waals surface area (Å²) in [6.45, 7) is 7.32. The van der Waals surface area contributed by atoms with E-state index in [4.69, 9.17) is 9.47 Å². The Kier molecular flexibility index (Phi) is 14.5. The van der Waals surface area contributed by atoms with Gasteiger partial charge in [0.25, 0.3) is 0 Å². The van der Waals surface area contributed by atoms with Crippen molar-refractivity contribution in [3.05, 3.63) is 89.5 Å². The zero-order valence-electron chi connectivity index (χ0n) is 23.3. The third-order valence-electron chi connectivity index (χ3n) is 6.55. The number of hydrogen-bond donors (Lipinski definition) is 1. The average Bonchev–Trinajstić information content (AvgIpc) is 2.97. The van der Waals surface area contributed by atoms with Gasteiger partial charge in [0.05, 0.1) is 6.61 Å². The van der Waals surface area contributed by atoms with Gasteiger partial charge in [-0.25, -0.2) is 0 Å². The zero-order chi connectivity index (χ0) is 27.6. The number of methoxy groups -OCH3 is 1. The summed E-state index contributed by atoms with van der Waals surface area (Å²) in [4.78, 5) is 4.57. The number of fused-ring (bicyclic) bond motifs is 1. The van der Waals surface area contributed by atoms with Crippen LogP contribution in [0.15, 0.2) is 72.8 Å². The van der Waals surface area contributed by atoms with Crippen LogP contribution in [-0.4, -0.2) is 57.0 Å². The van der Waals surface area contributed by atoms with Crippen molar-refractivity contribution in [2.45, 2.75) is 39.2 Å². The number of aromatic hydroxyl groups is 1. The first-order valence-corrected chi connectivity index (χ1v) is 13.4. The molecule has 3 aromatic carbocycles. The summed E-state index contributed by atoms with van der Waals surface area (Å²) >= 11 is 0. The van der Waals surface area contributed by atoms with Gasteiger partial charge in [0, 0.05) is 39.0 Å². The fourth-order valence-electron chi connectivity index (χ4n) is 4.33. The van der Waals surface area contributed by atoms with Gasteiger partial charge in [-0.2, -0.15) is 0 Å². The molecule has 1 aliphatic carbocycles. The van der Waals surface area contributed by atoms with E-state index in [0.717, 1.165) is 45.0 Å². The molecule has 0 aliphatic heterocycles. The van der Waals surface area contributed by atoms with Crippen LogP contribution in [0.2, 0.25) is 0 Å². The molecule has 0 unspecified atom stereocenters. The van der Waals surface area contributed by atoms with Crippen LogP contribution in [-0.2, 0) is 24.1 Å². The van der Waals surface area contributed by atoms with E-state index in [0.29, 0.717) is 12.4 Å². The van der Waals surface area contributed by atoms with Crippen molar-refractivity contribution in [1.82, 2.24) is 4.90 Å². The van der Waals surface area contributed by atoms with Crippen LogP contribution >= 0.6 is 0 Å². The van der Waals surface area contributed by atoms with Crippen molar-refractivity contribution in [3.8, 4) is 24.3 Å². The fourth-order valence-corrected chi connectivity index (χ4v) is 4.33. The Bertz CT molecular complexity index is 1050. The first-order chi connectivity index (χ1) is 18.6. The molecule has 1 N–H and O–H groups in total. The van der Waals surface area contributed by atoms with Gasteiger partial charge in [0.1, 0.15) is 18.1 Å². The number of phenols is 1. The maximum absolute atomic E-state index is 9.19. The van der Waals surface area contributed by atoms with Crippen LogP contribution in [0.25, 0.3) is 0 Å². The molecular weight excluding hydrogens is 472 g/mol. The monoisotopic (exact) mass is 516 g/mol. The number of aryl methyl sites for hydroxylation is 2. The maximum atomic E-state index is 9.19. The Morgan fingerprint density at radius 2 is 1.50 bits per heavy atom. The summed E-state index contributed by atoms with van der Waals surface area (Å²) in [5.41, 5.74) is 5.31. The lowest BCUT2D eigenvalue weighted by molar-refractivity contribution is 0.150. The van der Waals surface area contributed by atoms with E-state index in [-0.39, 0.29) is 0 Å². The molecule has 5 nitrogen and oxygen atoms in total. The molecule has 0 heterocycles. The molecule has 3 aromatic rings. The predicted molar refractivity (Wildman–Crippen MR) is 159 cm³/mol. The highest BCUT2D eigenvalue weighted by molar-refractivity contribution is 5.46. The molecule has 5 heteroatoms. The summed E-state index contributed by atoms with van der Waals surface area (Å²) in [5.74, 6) is 1.33. The quantitative estimate of drug-likeness (QED) is 0.308. The fraction of sp³-hybridized carbons (Fsp3) is 0.394. The van der Waals surface area contributed by atoms with Crippen molar-refractivity contribution in [2.24, 2.45) is 0 Å². The predicted octanol–water partition coefficient (Wildman–Crippen LogP) is 6.19. The summed E-state index contributed by atoms with van der Waals surface area (Å²) in [5, 5.41) is 9.19. The number of phenolic OH excluding ortho intramolecular Hbond substituents is 1.